The molecule has 10 heteroatoms. The van der Waals surface area contributed by atoms with E-state index in [9.17, 15) is 18.0 Å². The number of alkyl halides is 3. The zero-order chi connectivity index (χ0) is 21.6. The predicted molar refractivity (Wildman–Crippen MR) is 102 cm³/mol. The maximum atomic E-state index is 12.5. The molecule has 2 aromatic rings. The van der Waals surface area contributed by atoms with Crippen molar-refractivity contribution >= 4 is 17.1 Å². The Bertz CT molecular complexity index is 831. The second-order valence-corrected chi connectivity index (χ2v) is 7.23. The van der Waals surface area contributed by atoms with E-state index in [1.165, 1.54) is 12.1 Å². The van der Waals surface area contributed by atoms with E-state index >= 15 is 0 Å². The molecule has 0 spiro atoms. The minimum atomic E-state index is -4.45. The van der Waals surface area contributed by atoms with Crippen molar-refractivity contribution in [3.63, 3.8) is 0 Å². The van der Waals surface area contributed by atoms with Gasteiger partial charge in [-0.05, 0) is 42.5 Å². The molecule has 0 atom stereocenters. The van der Waals surface area contributed by atoms with Crippen LogP contribution in [0.3, 0.4) is 0 Å². The van der Waals surface area contributed by atoms with Gasteiger partial charge in [0.2, 0.25) is 0 Å². The van der Waals surface area contributed by atoms with Gasteiger partial charge in [0.1, 0.15) is 11.1 Å². The predicted octanol–water partition coefficient (Wildman–Crippen LogP) is 4.80. The second kappa shape index (κ2) is 9.90. The maximum absolute atomic E-state index is 12.5. The number of carbonyl (C=O) groups excluding carboxylic acids is 1. The van der Waals surface area contributed by atoms with Crippen LogP contribution >= 0.6 is 0 Å². The van der Waals surface area contributed by atoms with Crippen LogP contribution in [0.2, 0.25) is 0 Å². The van der Waals surface area contributed by atoms with Gasteiger partial charge in [-0.15, -0.1) is 0 Å². The fourth-order valence-corrected chi connectivity index (χ4v) is 3.19. The number of rotatable bonds is 8. The van der Waals surface area contributed by atoms with Crippen molar-refractivity contribution < 1.29 is 36.7 Å². The normalized spacial score (nSPS) is 15.4. The average Bonchev–Trinajstić information content (AvgIpc) is 3.14. The molecule has 0 aliphatic carbocycles. The van der Waals surface area contributed by atoms with E-state index in [-0.39, 0.29) is 34.6 Å². The number of piperidine rings is 1. The topological polar surface area (TPSA) is 74.0 Å². The van der Waals surface area contributed by atoms with E-state index in [4.69, 9.17) is 18.7 Å². The van der Waals surface area contributed by atoms with Crippen LogP contribution < -0.4 is 9.47 Å². The standard InChI is InChI=1S/C20H25F3N2O5/c1-2-3-11-27-19(26)25-9-7-14(8-10-25)12-28-18-17-15(29-13-20(21,22)23)5-4-6-16(17)30-24-18/h4-6,14H,2-3,7-13H2,1H3. The number of hydrogen-bond donors (Lipinski definition) is 0. The van der Waals surface area contributed by atoms with Gasteiger partial charge in [-0.2, -0.15) is 13.2 Å². The number of unbranched alkanes of at least 4 members (excludes halogenated alkanes) is 1. The molecule has 1 amide bonds. The SMILES string of the molecule is CCCCOC(=O)N1CCC(COc2noc3cccc(OCC(F)(F)F)c23)CC1. The molecule has 1 aliphatic heterocycles. The number of benzene rings is 1. The number of carbonyl (C=O) groups is 1. The van der Waals surface area contributed by atoms with E-state index in [2.05, 4.69) is 5.16 Å². The van der Waals surface area contributed by atoms with Crippen LogP contribution in [0.4, 0.5) is 18.0 Å². The van der Waals surface area contributed by atoms with E-state index < -0.39 is 12.8 Å². The Kier molecular flexibility index (Phi) is 7.28. The zero-order valence-electron chi connectivity index (χ0n) is 16.7. The van der Waals surface area contributed by atoms with Crippen molar-refractivity contribution in [2.75, 3.05) is 32.9 Å². The third-order valence-corrected chi connectivity index (χ3v) is 4.87. The first kappa shape index (κ1) is 22.0. The summed E-state index contributed by atoms with van der Waals surface area (Å²) in [4.78, 5) is 13.7. The van der Waals surface area contributed by atoms with Crippen LogP contribution in [0.25, 0.3) is 11.0 Å². The summed E-state index contributed by atoms with van der Waals surface area (Å²) in [6, 6.07) is 4.53. The highest BCUT2D eigenvalue weighted by Crippen LogP contribution is 2.35. The number of aromatic nitrogens is 1. The Labute approximate surface area is 172 Å². The van der Waals surface area contributed by atoms with Crippen LogP contribution in [0, 0.1) is 5.92 Å². The van der Waals surface area contributed by atoms with Crippen LogP contribution in [-0.2, 0) is 4.74 Å². The minimum absolute atomic E-state index is 0.00530. The number of halogens is 3. The first-order chi connectivity index (χ1) is 14.4. The molecule has 2 heterocycles. The van der Waals surface area contributed by atoms with Crippen molar-refractivity contribution in [1.82, 2.24) is 10.1 Å². The van der Waals surface area contributed by atoms with Crippen molar-refractivity contribution in [3.05, 3.63) is 18.2 Å². The molecule has 166 valence electrons. The minimum Gasteiger partial charge on any atom is -0.483 e. The zero-order valence-corrected chi connectivity index (χ0v) is 16.7. The Balaban J connectivity index is 1.53. The molecule has 1 fully saturated rings. The highest BCUT2D eigenvalue weighted by molar-refractivity contribution is 5.88. The fourth-order valence-electron chi connectivity index (χ4n) is 3.19. The molecule has 1 aliphatic rings. The lowest BCUT2D eigenvalue weighted by Gasteiger charge is -2.31. The average molecular weight is 430 g/mol. The number of fused-ring (bicyclic) bond motifs is 1. The summed E-state index contributed by atoms with van der Waals surface area (Å²) >= 11 is 0. The molecular weight excluding hydrogens is 405 g/mol. The fraction of sp³-hybridized carbons (Fsp3) is 0.600. The molecule has 1 aromatic carbocycles. The van der Waals surface area contributed by atoms with E-state index in [0.29, 0.717) is 26.3 Å². The van der Waals surface area contributed by atoms with Crippen LogP contribution in [-0.4, -0.2) is 55.2 Å². The third kappa shape index (κ3) is 5.93. The van der Waals surface area contributed by atoms with Gasteiger partial charge < -0.3 is 23.6 Å². The lowest BCUT2D eigenvalue weighted by molar-refractivity contribution is -0.153. The van der Waals surface area contributed by atoms with Gasteiger partial charge in [-0.3, -0.25) is 0 Å². The van der Waals surface area contributed by atoms with Gasteiger partial charge in [-0.25, -0.2) is 4.79 Å². The van der Waals surface area contributed by atoms with Crippen molar-refractivity contribution in [1.29, 1.82) is 0 Å². The summed E-state index contributed by atoms with van der Waals surface area (Å²) in [5, 5.41) is 4.10. The van der Waals surface area contributed by atoms with Gasteiger partial charge in [0.15, 0.2) is 12.2 Å². The van der Waals surface area contributed by atoms with Crippen LogP contribution in [0.5, 0.6) is 11.6 Å². The number of likely N-dealkylation sites (tertiary alicyclic amines) is 1. The summed E-state index contributed by atoms with van der Waals surface area (Å²) in [6.07, 6.45) is -1.47. The Hall–Kier alpha value is -2.65. The van der Waals surface area contributed by atoms with Gasteiger partial charge >= 0.3 is 12.3 Å². The number of ether oxygens (including phenoxy) is 3. The molecule has 0 unspecified atom stereocenters. The molecule has 3 rings (SSSR count). The van der Waals surface area contributed by atoms with Gasteiger partial charge in [0.05, 0.1) is 13.2 Å². The summed E-state index contributed by atoms with van der Waals surface area (Å²) in [5.41, 5.74) is 0.286. The smallest absolute Gasteiger partial charge is 0.422 e. The molecular formula is C20H25F3N2O5. The summed E-state index contributed by atoms with van der Waals surface area (Å²) in [7, 11) is 0. The maximum Gasteiger partial charge on any atom is 0.422 e. The van der Waals surface area contributed by atoms with Gasteiger partial charge in [0.25, 0.3) is 5.88 Å². The Morgan fingerprint density at radius 2 is 2.03 bits per heavy atom. The number of nitrogens with zero attached hydrogens (tertiary/aromatic N) is 2. The quantitative estimate of drug-likeness (QED) is 0.561. The van der Waals surface area contributed by atoms with Crippen molar-refractivity contribution in [2.45, 2.75) is 38.8 Å². The first-order valence-electron chi connectivity index (χ1n) is 10.00. The molecule has 30 heavy (non-hydrogen) atoms. The van der Waals surface area contributed by atoms with Crippen molar-refractivity contribution in [2.24, 2.45) is 5.92 Å². The summed E-state index contributed by atoms with van der Waals surface area (Å²) in [6.45, 7) is 2.49. The first-order valence-corrected chi connectivity index (χ1v) is 10.00. The van der Waals surface area contributed by atoms with Gasteiger partial charge in [-0.1, -0.05) is 19.4 Å². The van der Waals surface area contributed by atoms with Gasteiger partial charge in [0, 0.05) is 13.1 Å². The summed E-state index contributed by atoms with van der Waals surface area (Å²) < 4.78 is 58.5. The van der Waals surface area contributed by atoms with E-state index in [1.807, 2.05) is 6.92 Å². The number of hydrogen-bond acceptors (Lipinski definition) is 6. The molecule has 0 saturated carbocycles. The van der Waals surface area contributed by atoms with E-state index in [0.717, 1.165) is 25.7 Å². The highest BCUT2D eigenvalue weighted by atomic mass is 19.4. The lowest BCUT2D eigenvalue weighted by Crippen LogP contribution is -2.40. The number of amides is 1. The lowest BCUT2D eigenvalue weighted by atomic mass is 9.98. The second-order valence-electron chi connectivity index (χ2n) is 7.23. The molecule has 0 bridgehead atoms. The van der Waals surface area contributed by atoms with Crippen LogP contribution in [0.1, 0.15) is 32.6 Å². The van der Waals surface area contributed by atoms with Crippen molar-refractivity contribution in [3.8, 4) is 11.6 Å². The molecule has 0 N–H and O–H groups in total. The van der Waals surface area contributed by atoms with E-state index in [1.54, 1.807) is 11.0 Å². The third-order valence-electron chi connectivity index (χ3n) is 4.87. The summed E-state index contributed by atoms with van der Waals surface area (Å²) in [5.74, 6) is 0.287. The Morgan fingerprint density at radius 3 is 2.73 bits per heavy atom. The van der Waals surface area contributed by atoms with Crippen LogP contribution in [0.15, 0.2) is 22.7 Å². The monoisotopic (exact) mass is 430 g/mol. The largest absolute Gasteiger partial charge is 0.483 e. The highest BCUT2D eigenvalue weighted by Gasteiger charge is 2.30. The molecule has 1 saturated heterocycles. The molecule has 0 radical (unpaired) electrons. The Morgan fingerprint density at radius 1 is 1.27 bits per heavy atom. The molecule has 1 aromatic heterocycles. The molecule has 7 nitrogen and oxygen atoms in total.